The van der Waals surface area contributed by atoms with Gasteiger partial charge in [-0.2, -0.15) is 0 Å². The summed E-state index contributed by atoms with van der Waals surface area (Å²) in [4.78, 5) is 24.7. The van der Waals surface area contributed by atoms with E-state index in [4.69, 9.17) is 0 Å². The van der Waals surface area contributed by atoms with E-state index in [2.05, 4.69) is 76.4 Å². The van der Waals surface area contributed by atoms with Crippen molar-refractivity contribution in [2.45, 2.75) is 28.8 Å². The number of halogens is 2. The SMILES string of the molecule is O=C(NC[C@@H]1C=CCC[C@H]1c1cnc(Sc2ccccc2)[nH]1)c1cc(Br)c(Br)[nH]1. The Kier molecular flexibility index (Phi) is 6.62. The van der Waals surface area contributed by atoms with Crippen LogP contribution in [0.2, 0.25) is 0 Å². The first-order valence-corrected chi connectivity index (χ1v) is 11.8. The molecule has 0 aliphatic heterocycles. The Morgan fingerprint density at radius 1 is 1.24 bits per heavy atom. The number of carbonyl (C=O) groups is 1. The number of benzene rings is 1. The molecule has 2 heterocycles. The highest BCUT2D eigenvalue weighted by Gasteiger charge is 2.26. The van der Waals surface area contributed by atoms with E-state index < -0.39 is 0 Å². The van der Waals surface area contributed by atoms with E-state index in [1.54, 1.807) is 17.8 Å². The molecule has 0 radical (unpaired) electrons. The Bertz CT molecular complexity index is 995. The smallest absolute Gasteiger partial charge is 0.267 e. The topological polar surface area (TPSA) is 73.6 Å². The monoisotopic (exact) mass is 534 g/mol. The van der Waals surface area contributed by atoms with Gasteiger partial charge in [0, 0.05) is 35.2 Å². The lowest BCUT2D eigenvalue weighted by atomic mass is 9.82. The average Bonchev–Trinajstić information content (AvgIpc) is 3.34. The Hall–Kier alpha value is -1.77. The van der Waals surface area contributed by atoms with Crippen LogP contribution in [0.5, 0.6) is 0 Å². The van der Waals surface area contributed by atoms with Gasteiger partial charge in [0.2, 0.25) is 0 Å². The molecule has 0 unspecified atom stereocenters. The van der Waals surface area contributed by atoms with E-state index in [0.29, 0.717) is 18.2 Å². The minimum atomic E-state index is -0.112. The lowest BCUT2D eigenvalue weighted by Gasteiger charge is -2.27. The lowest BCUT2D eigenvalue weighted by Crippen LogP contribution is -2.32. The predicted octanol–water partition coefficient (Wildman–Crippen LogP) is 5.89. The van der Waals surface area contributed by atoms with Crippen LogP contribution in [0.15, 0.2) is 73.9 Å². The number of rotatable bonds is 6. The second-order valence-corrected chi connectivity index (χ2v) is 9.60. The second-order valence-electron chi connectivity index (χ2n) is 6.89. The highest BCUT2D eigenvalue weighted by Crippen LogP contribution is 2.35. The van der Waals surface area contributed by atoms with Crippen molar-refractivity contribution in [3.63, 3.8) is 0 Å². The number of aromatic nitrogens is 3. The van der Waals surface area contributed by atoms with E-state index >= 15 is 0 Å². The second kappa shape index (κ2) is 9.36. The molecule has 2 aromatic heterocycles. The van der Waals surface area contributed by atoms with E-state index in [0.717, 1.165) is 37.7 Å². The number of hydrogen-bond donors (Lipinski definition) is 3. The molecule has 0 spiro atoms. The summed E-state index contributed by atoms with van der Waals surface area (Å²) < 4.78 is 1.60. The van der Waals surface area contributed by atoms with Gasteiger partial charge in [-0.1, -0.05) is 42.1 Å². The summed E-state index contributed by atoms with van der Waals surface area (Å²) in [5.41, 5.74) is 1.65. The van der Waals surface area contributed by atoms with Gasteiger partial charge in [0.25, 0.3) is 5.91 Å². The fourth-order valence-electron chi connectivity index (χ4n) is 3.48. The van der Waals surface area contributed by atoms with Crippen molar-refractivity contribution in [1.82, 2.24) is 20.3 Å². The number of imidazole rings is 1. The number of nitrogens with zero attached hydrogens (tertiary/aromatic N) is 1. The number of H-pyrrole nitrogens is 2. The van der Waals surface area contributed by atoms with Crippen LogP contribution >= 0.6 is 43.6 Å². The molecule has 0 bridgehead atoms. The zero-order valence-corrected chi connectivity index (χ0v) is 19.5. The Morgan fingerprint density at radius 2 is 2.07 bits per heavy atom. The van der Waals surface area contributed by atoms with Crippen molar-refractivity contribution in [2.24, 2.45) is 5.92 Å². The number of amides is 1. The fraction of sp³-hybridized carbons (Fsp3) is 0.238. The number of carbonyl (C=O) groups excluding carboxylic acids is 1. The van der Waals surface area contributed by atoms with Crippen LogP contribution in [0.25, 0.3) is 0 Å². The summed E-state index contributed by atoms with van der Waals surface area (Å²) in [5, 5.41) is 3.95. The number of aromatic amines is 2. The molecule has 0 fully saturated rings. The molecule has 1 amide bonds. The minimum absolute atomic E-state index is 0.112. The molecule has 0 saturated carbocycles. The summed E-state index contributed by atoms with van der Waals surface area (Å²) in [5.74, 6) is 0.420. The molecule has 4 rings (SSSR count). The fourth-order valence-corrected chi connectivity index (χ4v) is 4.93. The van der Waals surface area contributed by atoms with Crippen molar-refractivity contribution in [3.05, 3.63) is 75.2 Å². The van der Waals surface area contributed by atoms with Gasteiger partial charge >= 0.3 is 0 Å². The molecule has 2 atom stereocenters. The largest absolute Gasteiger partial charge is 0.350 e. The van der Waals surface area contributed by atoms with Crippen LogP contribution in [0.4, 0.5) is 0 Å². The van der Waals surface area contributed by atoms with Crippen LogP contribution < -0.4 is 5.32 Å². The molecule has 3 aromatic rings. The Morgan fingerprint density at radius 3 is 2.83 bits per heavy atom. The summed E-state index contributed by atoms with van der Waals surface area (Å²) >= 11 is 8.39. The summed E-state index contributed by atoms with van der Waals surface area (Å²) in [6.45, 7) is 0.578. The molecule has 5 nitrogen and oxygen atoms in total. The standard InChI is InChI=1S/C21H20Br2N4OS/c22-16-10-17(26-19(16)23)20(28)24-11-13-6-4-5-9-15(13)18-12-25-21(27-18)29-14-7-2-1-3-8-14/h1-4,6-8,10,12-13,15,26H,5,9,11H2,(H,24,28)(H,25,27)/t13-,15+/m0/s1. The third-order valence-corrected chi connectivity index (χ3v) is 7.63. The van der Waals surface area contributed by atoms with Crippen LogP contribution in [-0.4, -0.2) is 27.4 Å². The molecular formula is C21H20Br2N4OS. The maximum atomic E-state index is 12.5. The molecule has 1 aromatic carbocycles. The third kappa shape index (κ3) is 5.05. The summed E-state index contributed by atoms with van der Waals surface area (Å²) in [6.07, 6.45) is 8.41. The van der Waals surface area contributed by atoms with E-state index in [9.17, 15) is 4.79 Å². The van der Waals surface area contributed by atoms with Crippen molar-refractivity contribution in [2.75, 3.05) is 6.54 Å². The van der Waals surface area contributed by atoms with Gasteiger partial charge in [0.15, 0.2) is 5.16 Å². The van der Waals surface area contributed by atoms with Gasteiger partial charge in [0.05, 0.1) is 9.08 Å². The quantitative estimate of drug-likeness (QED) is 0.344. The molecule has 150 valence electrons. The zero-order valence-electron chi connectivity index (χ0n) is 15.5. The highest BCUT2D eigenvalue weighted by atomic mass is 79.9. The maximum absolute atomic E-state index is 12.5. The van der Waals surface area contributed by atoms with Gasteiger partial charge in [0.1, 0.15) is 5.69 Å². The third-order valence-electron chi connectivity index (χ3n) is 4.94. The van der Waals surface area contributed by atoms with Crippen molar-refractivity contribution in [1.29, 1.82) is 0 Å². The maximum Gasteiger partial charge on any atom is 0.267 e. The van der Waals surface area contributed by atoms with Gasteiger partial charge < -0.3 is 15.3 Å². The van der Waals surface area contributed by atoms with Crippen molar-refractivity contribution >= 4 is 49.5 Å². The van der Waals surface area contributed by atoms with Gasteiger partial charge in [-0.05, 0) is 62.9 Å². The van der Waals surface area contributed by atoms with E-state index in [1.165, 1.54) is 0 Å². The van der Waals surface area contributed by atoms with E-state index in [1.807, 2.05) is 24.4 Å². The molecule has 1 aliphatic carbocycles. The highest BCUT2D eigenvalue weighted by molar-refractivity contribution is 9.13. The van der Waals surface area contributed by atoms with Crippen LogP contribution in [-0.2, 0) is 0 Å². The first-order valence-electron chi connectivity index (χ1n) is 9.37. The molecular weight excluding hydrogens is 516 g/mol. The Balaban J connectivity index is 1.41. The van der Waals surface area contributed by atoms with Crippen LogP contribution in [0, 0.1) is 5.92 Å². The molecule has 29 heavy (non-hydrogen) atoms. The zero-order chi connectivity index (χ0) is 20.2. The van der Waals surface area contributed by atoms with Crippen molar-refractivity contribution < 1.29 is 4.79 Å². The van der Waals surface area contributed by atoms with Crippen molar-refractivity contribution in [3.8, 4) is 0 Å². The summed E-state index contributed by atoms with van der Waals surface area (Å²) in [7, 11) is 0. The first kappa shape index (κ1) is 20.5. The molecule has 0 saturated heterocycles. The Labute approximate surface area is 190 Å². The minimum Gasteiger partial charge on any atom is -0.350 e. The number of allylic oxidation sites excluding steroid dienone is 1. The normalized spacial score (nSPS) is 18.7. The molecule has 3 N–H and O–H groups in total. The van der Waals surface area contributed by atoms with Crippen LogP contribution in [0.1, 0.15) is 34.9 Å². The van der Waals surface area contributed by atoms with Gasteiger partial charge in [-0.3, -0.25) is 4.79 Å². The number of nitrogens with one attached hydrogen (secondary N) is 3. The predicted molar refractivity (Wildman–Crippen MR) is 122 cm³/mol. The molecule has 8 heteroatoms. The first-order chi connectivity index (χ1) is 14.1. The van der Waals surface area contributed by atoms with Crippen LogP contribution in [0.3, 0.4) is 0 Å². The number of hydrogen-bond acceptors (Lipinski definition) is 3. The summed E-state index contributed by atoms with van der Waals surface area (Å²) in [6, 6.07) is 12.0. The lowest BCUT2D eigenvalue weighted by molar-refractivity contribution is 0.0943. The van der Waals surface area contributed by atoms with E-state index in [-0.39, 0.29) is 11.8 Å². The van der Waals surface area contributed by atoms with Gasteiger partial charge in [-0.25, -0.2) is 4.98 Å². The van der Waals surface area contributed by atoms with Gasteiger partial charge in [-0.15, -0.1) is 0 Å². The molecule has 1 aliphatic rings. The average molecular weight is 536 g/mol.